The van der Waals surface area contributed by atoms with Crippen molar-refractivity contribution >= 4 is 5.91 Å². The molecule has 1 amide bonds. The van der Waals surface area contributed by atoms with Crippen LogP contribution in [0, 0.1) is 0 Å². The van der Waals surface area contributed by atoms with E-state index >= 15 is 0 Å². The Morgan fingerprint density at radius 1 is 0.490 bits per heavy atom. The van der Waals surface area contributed by atoms with Crippen LogP contribution in [0.3, 0.4) is 0 Å². The molecule has 0 aliphatic heterocycles. The summed E-state index contributed by atoms with van der Waals surface area (Å²) >= 11 is 0. The van der Waals surface area contributed by atoms with Gasteiger partial charge in [-0.25, -0.2) is 0 Å². The van der Waals surface area contributed by atoms with E-state index in [1.165, 1.54) is 186 Å². The summed E-state index contributed by atoms with van der Waals surface area (Å²) in [5.74, 6) is -0.503. The Balaban J connectivity index is 3.57. The predicted octanol–water partition coefficient (Wildman–Crippen LogP) is 12.4. The summed E-state index contributed by atoms with van der Waals surface area (Å²) in [5, 5.41) is 33.0. The topological polar surface area (TPSA) is 89.8 Å². The summed E-state index contributed by atoms with van der Waals surface area (Å²) in [6.45, 7) is 4.17. The Labute approximate surface area is 306 Å². The van der Waals surface area contributed by atoms with Crippen molar-refractivity contribution in [1.29, 1.82) is 0 Å². The summed E-state index contributed by atoms with van der Waals surface area (Å²) in [6, 6.07) is -0.791. The summed E-state index contributed by atoms with van der Waals surface area (Å²) in [4.78, 5) is 12.4. The fourth-order valence-electron chi connectivity index (χ4n) is 6.89. The highest BCUT2D eigenvalue weighted by molar-refractivity contribution is 5.80. The molecular weight excluding hydrogens is 606 g/mol. The van der Waals surface area contributed by atoms with Gasteiger partial charge in [-0.1, -0.05) is 231 Å². The van der Waals surface area contributed by atoms with Crippen molar-refractivity contribution in [3.8, 4) is 0 Å². The Kier molecular flexibility index (Phi) is 39.1. The van der Waals surface area contributed by atoms with Crippen molar-refractivity contribution in [2.45, 2.75) is 257 Å². The van der Waals surface area contributed by atoms with Crippen LogP contribution in [0.25, 0.3) is 0 Å². The van der Waals surface area contributed by atoms with Crippen molar-refractivity contribution in [3.05, 3.63) is 12.2 Å². The number of rotatable bonds is 40. The number of allylic oxidation sites excluding steroid dienone is 1. The molecule has 0 aliphatic rings. The second-order valence-corrected chi connectivity index (χ2v) is 15.3. The lowest BCUT2D eigenvalue weighted by Gasteiger charge is -2.21. The van der Waals surface area contributed by atoms with Gasteiger partial charge in [-0.15, -0.1) is 0 Å². The number of aliphatic hydroxyl groups excluding tert-OH is 3. The molecule has 292 valence electrons. The van der Waals surface area contributed by atoms with Crippen molar-refractivity contribution in [2.24, 2.45) is 0 Å². The molecule has 3 unspecified atom stereocenters. The molecule has 0 saturated heterocycles. The molecule has 0 rings (SSSR count). The van der Waals surface area contributed by atoms with Gasteiger partial charge in [-0.2, -0.15) is 0 Å². The fourth-order valence-corrected chi connectivity index (χ4v) is 6.89. The minimum Gasteiger partial charge on any atom is -0.394 e. The third kappa shape index (κ3) is 35.3. The highest BCUT2D eigenvalue weighted by Crippen LogP contribution is 2.16. The number of unbranched alkanes of at least 4 members (excludes halogenated alkanes) is 32. The lowest BCUT2D eigenvalue weighted by atomic mass is 10.0. The smallest absolute Gasteiger partial charge is 0.249 e. The van der Waals surface area contributed by atoms with E-state index in [4.69, 9.17) is 0 Å². The van der Waals surface area contributed by atoms with Gasteiger partial charge in [0.2, 0.25) is 5.91 Å². The Bertz CT molecular complexity index is 684. The molecule has 0 bridgehead atoms. The lowest BCUT2D eigenvalue weighted by Crippen LogP contribution is -2.48. The molecule has 5 nitrogen and oxygen atoms in total. The Hall–Kier alpha value is -0.910. The third-order valence-corrected chi connectivity index (χ3v) is 10.4. The van der Waals surface area contributed by atoms with E-state index in [2.05, 4.69) is 19.2 Å². The first-order valence-electron chi connectivity index (χ1n) is 22.0. The molecule has 4 N–H and O–H groups in total. The van der Waals surface area contributed by atoms with Crippen LogP contribution >= 0.6 is 0 Å². The van der Waals surface area contributed by atoms with E-state index in [9.17, 15) is 20.1 Å². The normalized spacial score (nSPS) is 13.7. The van der Waals surface area contributed by atoms with Crippen LogP contribution in [0.5, 0.6) is 0 Å². The van der Waals surface area contributed by atoms with Crippen LogP contribution in [0.1, 0.15) is 239 Å². The molecule has 0 aromatic carbocycles. The number of carbonyl (C=O) groups excluding carboxylic acids is 1. The van der Waals surface area contributed by atoms with Crippen LogP contribution in [0.4, 0.5) is 0 Å². The van der Waals surface area contributed by atoms with Gasteiger partial charge in [0.15, 0.2) is 0 Å². The highest BCUT2D eigenvalue weighted by atomic mass is 16.3. The molecule has 0 fully saturated rings. The van der Waals surface area contributed by atoms with Crippen molar-refractivity contribution < 1.29 is 20.1 Å². The van der Waals surface area contributed by atoms with Crippen molar-refractivity contribution in [3.63, 3.8) is 0 Å². The summed E-state index contributed by atoms with van der Waals surface area (Å²) in [6.07, 6.45) is 46.9. The molecule has 5 heteroatoms. The highest BCUT2D eigenvalue weighted by Gasteiger charge is 2.22. The van der Waals surface area contributed by atoms with Gasteiger partial charge in [-0.3, -0.25) is 4.79 Å². The second-order valence-electron chi connectivity index (χ2n) is 15.3. The van der Waals surface area contributed by atoms with Crippen molar-refractivity contribution in [2.75, 3.05) is 6.61 Å². The maximum atomic E-state index is 12.4. The second kappa shape index (κ2) is 39.9. The number of carbonyl (C=O) groups is 1. The SMILES string of the molecule is CCCCCCCCCCCCCCCCCCCCCCCCC/C=C/C(O)C(CO)NC(=O)C(O)CCCCCCCCCCCC. The summed E-state index contributed by atoms with van der Waals surface area (Å²) in [7, 11) is 0. The Morgan fingerprint density at radius 3 is 1.12 bits per heavy atom. The summed E-state index contributed by atoms with van der Waals surface area (Å²) in [5.41, 5.74) is 0. The van der Waals surface area contributed by atoms with Gasteiger partial charge in [0, 0.05) is 0 Å². The van der Waals surface area contributed by atoms with E-state index < -0.39 is 24.2 Å². The summed E-state index contributed by atoms with van der Waals surface area (Å²) < 4.78 is 0. The number of aliphatic hydroxyl groups is 3. The molecule has 0 spiro atoms. The first-order valence-corrected chi connectivity index (χ1v) is 22.0. The van der Waals surface area contributed by atoms with E-state index in [1.54, 1.807) is 6.08 Å². The Morgan fingerprint density at radius 2 is 0.796 bits per heavy atom. The molecule has 0 aromatic heterocycles. The van der Waals surface area contributed by atoms with Gasteiger partial charge < -0.3 is 20.6 Å². The van der Waals surface area contributed by atoms with Crippen LogP contribution in [-0.4, -0.2) is 46.1 Å². The van der Waals surface area contributed by atoms with Crippen molar-refractivity contribution in [1.82, 2.24) is 5.32 Å². The fraction of sp³-hybridized carbons (Fsp3) is 0.932. The molecule has 0 saturated carbocycles. The number of hydrogen-bond acceptors (Lipinski definition) is 4. The zero-order chi connectivity index (χ0) is 35.9. The molecule has 0 aromatic rings. The minimum atomic E-state index is -1.09. The molecule has 3 atom stereocenters. The first kappa shape index (κ1) is 48.1. The minimum absolute atomic E-state index is 0.359. The lowest BCUT2D eigenvalue weighted by molar-refractivity contribution is -0.131. The van der Waals surface area contributed by atoms with Crippen LogP contribution in [0.2, 0.25) is 0 Å². The first-order chi connectivity index (χ1) is 24.1. The third-order valence-electron chi connectivity index (χ3n) is 10.4. The standard InChI is InChI=1S/C44H87NO4/c1-3-5-7-9-11-13-15-16-17-18-19-20-21-22-23-24-25-26-27-28-29-31-32-34-36-38-42(47)41(40-46)45-44(49)43(48)39-37-35-33-30-14-12-10-8-6-4-2/h36,38,41-43,46-48H,3-35,37,39-40H2,1-2H3,(H,45,49)/b38-36+. The molecule has 0 heterocycles. The van der Waals surface area contributed by atoms with Gasteiger partial charge in [0.1, 0.15) is 6.10 Å². The molecule has 0 aliphatic carbocycles. The zero-order valence-electron chi connectivity index (χ0n) is 33.1. The molecule has 0 radical (unpaired) electrons. The van der Waals surface area contributed by atoms with Gasteiger partial charge in [0.25, 0.3) is 0 Å². The number of hydrogen-bond donors (Lipinski definition) is 4. The molecular formula is C44H87NO4. The maximum Gasteiger partial charge on any atom is 0.249 e. The predicted molar refractivity (Wildman–Crippen MR) is 213 cm³/mol. The number of nitrogens with one attached hydrogen (secondary N) is 1. The zero-order valence-corrected chi connectivity index (χ0v) is 33.1. The van der Waals surface area contributed by atoms with E-state index in [1.807, 2.05) is 6.08 Å². The van der Waals surface area contributed by atoms with Gasteiger partial charge in [-0.05, 0) is 19.3 Å². The van der Waals surface area contributed by atoms with E-state index in [0.717, 1.165) is 32.1 Å². The quantitative estimate of drug-likeness (QED) is 0.0380. The van der Waals surface area contributed by atoms with Gasteiger partial charge in [0.05, 0.1) is 18.8 Å². The van der Waals surface area contributed by atoms with Crippen LogP contribution in [0.15, 0.2) is 12.2 Å². The van der Waals surface area contributed by atoms with E-state index in [0.29, 0.717) is 6.42 Å². The largest absolute Gasteiger partial charge is 0.394 e. The molecule has 49 heavy (non-hydrogen) atoms. The maximum absolute atomic E-state index is 12.4. The van der Waals surface area contributed by atoms with Crippen LogP contribution < -0.4 is 5.32 Å². The average molecular weight is 694 g/mol. The number of amides is 1. The monoisotopic (exact) mass is 694 g/mol. The average Bonchev–Trinajstić information content (AvgIpc) is 3.11. The van der Waals surface area contributed by atoms with Crippen LogP contribution in [-0.2, 0) is 4.79 Å². The van der Waals surface area contributed by atoms with E-state index in [-0.39, 0.29) is 6.61 Å². The van der Waals surface area contributed by atoms with Gasteiger partial charge >= 0.3 is 0 Å².